The van der Waals surface area contributed by atoms with Gasteiger partial charge in [-0.05, 0) is 6.42 Å². The van der Waals surface area contributed by atoms with Gasteiger partial charge in [0.1, 0.15) is 0 Å². The predicted molar refractivity (Wildman–Crippen MR) is 26.9 cm³/mol. The van der Waals surface area contributed by atoms with E-state index in [1.54, 1.807) is 4.90 Å². The van der Waals surface area contributed by atoms with Gasteiger partial charge in [-0.15, -0.1) is 0 Å². The van der Waals surface area contributed by atoms with Gasteiger partial charge in [-0.2, -0.15) is 0 Å². The smallest absolute Gasteiger partial charge is 1.00 e. The second-order valence-electron chi connectivity index (χ2n) is 1.92. The van der Waals surface area contributed by atoms with Crippen molar-refractivity contribution < 1.29 is 60.9 Å². The standard InChI is InChI=1S/C5H9NO.FH.K/c1-6-4-2-3-5(6)7;;/h2-4H2,1H3;1H;/q;;+1/p-1. The average molecular weight is 157 g/mol. The summed E-state index contributed by atoms with van der Waals surface area (Å²) in [6.07, 6.45) is 1.81. The summed E-state index contributed by atoms with van der Waals surface area (Å²) >= 11 is 0. The zero-order valence-corrected chi connectivity index (χ0v) is 8.98. The van der Waals surface area contributed by atoms with Crippen LogP contribution in [0.2, 0.25) is 0 Å². The van der Waals surface area contributed by atoms with E-state index in [1.807, 2.05) is 7.05 Å². The fraction of sp³-hybridized carbons (Fsp3) is 0.800. The molecule has 48 valence electrons. The first kappa shape index (κ1) is 12.7. The predicted octanol–water partition coefficient (Wildman–Crippen LogP) is -5.75. The molecule has 0 aromatic carbocycles. The maximum atomic E-state index is 10.5. The number of nitrogens with zero attached hydrogens (tertiary/aromatic N) is 1. The van der Waals surface area contributed by atoms with Gasteiger partial charge in [0.15, 0.2) is 0 Å². The minimum absolute atomic E-state index is 0. The summed E-state index contributed by atoms with van der Waals surface area (Å²) in [5.74, 6) is 0.292. The second-order valence-corrected chi connectivity index (χ2v) is 1.92. The molecule has 1 heterocycles. The number of rotatable bonds is 0. The molecule has 1 fully saturated rings. The van der Waals surface area contributed by atoms with Crippen LogP contribution in [0.4, 0.5) is 0 Å². The van der Waals surface area contributed by atoms with Crippen LogP contribution in [-0.4, -0.2) is 24.4 Å². The van der Waals surface area contributed by atoms with Crippen molar-refractivity contribution in [3.8, 4) is 0 Å². The molecule has 0 saturated carbocycles. The molecule has 9 heavy (non-hydrogen) atoms. The maximum absolute atomic E-state index is 10.5. The van der Waals surface area contributed by atoms with E-state index in [-0.39, 0.29) is 56.1 Å². The third kappa shape index (κ3) is 3.67. The Hall–Kier alpha value is 1.04. The summed E-state index contributed by atoms with van der Waals surface area (Å²) < 4.78 is 0. The van der Waals surface area contributed by atoms with Gasteiger partial charge >= 0.3 is 51.4 Å². The van der Waals surface area contributed by atoms with E-state index in [9.17, 15) is 4.79 Å². The first-order valence-corrected chi connectivity index (χ1v) is 2.54. The number of hydrogen-bond donors (Lipinski definition) is 0. The minimum atomic E-state index is 0. The summed E-state index contributed by atoms with van der Waals surface area (Å²) in [6, 6.07) is 0. The summed E-state index contributed by atoms with van der Waals surface area (Å²) in [5, 5.41) is 0. The van der Waals surface area contributed by atoms with E-state index in [4.69, 9.17) is 0 Å². The van der Waals surface area contributed by atoms with E-state index in [1.165, 1.54) is 0 Å². The second kappa shape index (κ2) is 5.79. The topological polar surface area (TPSA) is 20.3 Å². The van der Waals surface area contributed by atoms with Crippen molar-refractivity contribution >= 4 is 5.91 Å². The monoisotopic (exact) mass is 157 g/mol. The van der Waals surface area contributed by atoms with Crippen molar-refractivity contribution in [2.45, 2.75) is 12.8 Å². The van der Waals surface area contributed by atoms with E-state index < -0.39 is 0 Å². The SMILES string of the molecule is CN1CCCC1=O.[F-].[K+]. The van der Waals surface area contributed by atoms with Crippen molar-refractivity contribution in [1.29, 1.82) is 0 Å². The molecule has 4 heteroatoms. The molecular weight excluding hydrogens is 148 g/mol. The number of amides is 1. The fourth-order valence-electron chi connectivity index (χ4n) is 0.783. The molecule has 0 radical (unpaired) electrons. The first-order valence-electron chi connectivity index (χ1n) is 2.54. The van der Waals surface area contributed by atoms with Crippen LogP contribution in [0.15, 0.2) is 0 Å². The van der Waals surface area contributed by atoms with Crippen LogP contribution in [0.25, 0.3) is 0 Å². The molecule has 0 aromatic heterocycles. The molecule has 0 aromatic rings. The van der Waals surface area contributed by atoms with Crippen LogP contribution in [0.3, 0.4) is 0 Å². The van der Waals surface area contributed by atoms with Crippen LogP contribution < -0.4 is 56.1 Å². The molecule has 0 N–H and O–H groups in total. The number of hydrogen-bond acceptors (Lipinski definition) is 1. The van der Waals surface area contributed by atoms with Gasteiger partial charge in [0.25, 0.3) is 0 Å². The molecule has 0 aliphatic carbocycles. The quantitative estimate of drug-likeness (QED) is 0.321. The van der Waals surface area contributed by atoms with Crippen molar-refractivity contribution in [3.63, 3.8) is 0 Å². The Bertz CT molecular complexity index is 99.0. The molecule has 0 unspecified atom stereocenters. The van der Waals surface area contributed by atoms with Gasteiger partial charge in [0, 0.05) is 20.0 Å². The Morgan fingerprint density at radius 3 is 2.22 bits per heavy atom. The molecule has 1 aliphatic rings. The van der Waals surface area contributed by atoms with Crippen molar-refractivity contribution in [2.24, 2.45) is 0 Å². The maximum Gasteiger partial charge on any atom is 1.00 e. The first-order chi connectivity index (χ1) is 3.30. The number of likely N-dealkylation sites (tertiary alicyclic amines) is 1. The van der Waals surface area contributed by atoms with E-state index in [0.717, 1.165) is 19.4 Å². The van der Waals surface area contributed by atoms with E-state index >= 15 is 0 Å². The Morgan fingerprint density at radius 2 is 2.11 bits per heavy atom. The number of halogens is 1. The van der Waals surface area contributed by atoms with Gasteiger partial charge in [-0.3, -0.25) is 4.79 Å². The molecule has 0 bridgehead atoms. The van der Waals surface area contributed by atoms with Crippen LogP contribution in [0.5, 0.6) is 0 Å². The van der Waals surface area contributed by atoms with Crippen molar-refractivity contribution in [1.82, 2.24) is 4.90 Å². The van der Waals surface area contributed by atoms with Gasteiger partial charge in [-0.25, -0.2) is 0 Å². The third-order valence-corrected chi connectivity index (χ3v) is 1.31. The van der Waals surface area contributed by atoms with Crippen LogP contribution in [0.1, 0.15) is 12.8 Å². The Morgan fingerprint density at radius 1 is 1.56 bits per heavy atom. The molecule has 0 spiro atoms. The zero-order chi connectivity index (χ0) is 5.28. The summed E-state index contributed by atoms with van der Waals surface area (Å²) in [7, 11) is 1.84. The van der Waals surface area contributed by atoms with Crippen molar-refractivity contribution in [2.75, 3.05) is 13.6 Å². The van der Waals surface area contributed by atoms with Gasteiger partial charge in [-0.1, -0.05) is 0 Å². The fourth-order valence-corrected chi connectivity index (χ4v) is 0.783. The van der Waals surface area contributed by atoms with Gasteiger partial charge in [0.2, 0.25) is 5.91 Å². The third-order valence-electron chi connectivity index (χ3n) is 1.31. The Balaban J connectivity index is 0. The Kier molecular flexibility index (Phi) is 8.17. The summed E-state index contributed by atoms with van der Waals surface area (Å²) in [4.78, 5) is 12.3. The van der Waals surface area contributed by atoms with Gasteiger partial charge in [0.05, 0.1) is 0 Å². The van der Waals surface area contributed by atoms with Crippen LogP contribution in [0, 0.1) is 0 Å². The minimum Gasteiger partial charge on any atom is -1.00 e. The normalized spacial score (nSPS) is 16.6. The summed E-state index contributed by atoms with van der Waals surface area (Å²) in [6.45, 7) is 0.957. The molecule has 1 rings (SSSR count). The molecular formula is C5H9FKNO. The molecule has 1 aliphatic heterocycles. The zero-order valence-electron chi connectivity index (χ0n) is 5.85. The van der Waals surface area contributed by atoms with E-state index in [2.05, 4.69) is 0 Å². The number of carbonyl (C=O) groups excluding carboxylic acids is 1. The molecule has 1 amide bonds. The number of carbonyl (C=O) groups is 1. The van der Waals surface area contributed by atoms with Crippen LogP contribution in [-0.2, 0) is 4.79 Å². The average Bonchev–Trinajstić information content (AvgIpc) is 1.91. The van der Waals surface area contributed by atoms with E-state index in [0.29, 0.717) is 5.91 Å². The van der Waals surface area contributed by atoms with Crippen LogP contribution >= 0.6 is 0 Å². The summed E-state index contributed by atoms with van der Waals surface area (Å²) in [5.41, 5.74) is 0. The molecule has 0 atom stereocenters. The van der Waals surface area contributed by atoms with Gasteiger partial charge < -0.3 is 9.60 Å². The molecule has 2 nitrogen and oxygen atoms in total. The Labute approximate surface area is 96.8 Å². The molecule has 1 saturated heterocycles. The van der Waals surface area contributed by atoms with Crippen molar-refractivity contribution in [3.05, 3.63) is 0 Å². The largest absolute Gasteiger partial charge is 1.00 e.